The monoisotopic (exact) mass is 424 g/mol. The summed E-state index contributed by atoms with van der Waals surface area (Å²) in [6.07, 6.45) is 5.38. The van der Waals surface area contributed by atoms with Gasteiger partial charge in [-0.1, -0.05) is 13.8 Å². The fourth-order valence-electron chi connectivity index (χ4n) is 2.98. The van der Waals surface area contributed by atoms with Crippen LogP contribution in [0.1, 0.15) is 44.0 Å². The van der Waals surface area contributed by atoms with Crippen LogP contribution in [0.15, 0.2) is 27.4 Å². The molecular formula is C19H20N8O2S. The van der Waals surface area contributed by atoms with Crippen LogP contribution < -0.4 is 21.7 Å². The molecule has 0 aliphatic heterocycles. The lowest BCUT2D eigenvalue weighted by Gasteiger charge is -2.04. The van der Waals surface area contributed by atoms with Crippen LogP contribution in [-0.2, 0) is 0 Å². The van der Waals surface area contributed by atoms with Crippen molar-refractivity contribution in [2.75, 3.05) is 5.32 Å². The molecule has 1 aliphatic carbocycles. The standard InChI is InChI=1S/C19H20N8O2S/c1-9(2)13-8-30-19(23-13)25-14-6-15(21-11-3-4-11)27-16(24-14)10(7-20-27)5-12-17(28)26-18(29)22-12/h5-9,11,28H,3-4H2,1-2H3,(H,23,25)(H2,22,26,29)/b10-5-,21-15?. The van der Waals surface area contributed by atoms with Gasteiger partial charge in [0.15, 0.2) is 16.3 Å². The Morgan fingerprint density at radius 2 is 2.20 bits per heavy atom. The van der Waals surface area contributed by atoms with E-state index in [4.69, 9.17) is 4.99 Å². The maximum absolute atomic E-state index is 11.4. The molecular weight excluding hydrogens is 404 g/mol. The maximum atomic E-state index is 11.4. The van der Waals surface area contributed by atoms with Crippen molar-refractivity contribution in [3.8, 4) is 5.88 Å². The molecule has 0 saturated heterocycles. The molecule has 11 heteroatoms. The fourth-order valence-corrected chi connectivity index (χ4v) is 3.86. The Labute approximate surface area is 174 Å². The molecule has 0 atom stereocenters. The summed E-state index contributed by atoms with van der Waals surface area (Å²) >= 11 is 1.52. The fraction of sp³-hybridized carbons (Fsp3) is 0.316. The van der Waals surface area contributed by atoms with Gasteiger partial charge in [-0.3, -0.25) is 9.98 Å². The highest BCUT2D eigenvalue weighted by Crippen LogP contribution is 2.24. The molecule has 0 unspecified atom stereocenters. The van der Waals surface area contributed by atoms with Crippen LogP contribution in [0.3, 0.4) is 0 Å². The second kappa shape index (κ2) is 7.10. The minimum Gasteiger partial charge on any atom is -0.493 e. The number of nitrogens with zero attached hydrogens (tertiary/aromatic N) is 5. The molecule has 4 aromatic rings. The summed E-state index contributed by atoms with van der Waals surface area (Å²) in [7, 11) is 0. The molecule has 30 heavy (non-hydrogen) atoms. The van der Waals surface area contributed by atoms with Crippen LogP contribution in [-0.4, -0.2) is 40.7 Å². The van der Waals surface area contributed by atoms with Gasteiger partial charge in [0, 0.05) is 16.7 Å². The Morgan fingerprint density at radius 1 is 1.37 bits per heavy atom. The molecule has 0 radical (unpaired) electrons. The lowest BCUT2D eigenvalue weighted by molar-refractivity contribution is 0.454. The quantitative estimate of drug-likeness (QED) is 0.382. The van der Waals surface area contributed by atoms with Crippen molar-refractivity contribution in [3.05, 3.63) is 50.2 Å². The largest absolute Gasteiger partial charge is 0.493 e. The zero-order valence-corrected chi connectivity index (χ0v) is 17.2. The van der Waals surface area contributed by atoms with Crippen LogP contribution in [0.25, 0.3) is 11.7 Å². The number of H-pyrrole nitrogens is 2. The first-order valence-electron chi connectivity index (χ1n) is 9.64. The van der Waals surface area contributed by atoms with Crippen molar-refractivity contribution >= 4 is 34.0 Å². The lowest BCUT2D eigenvalue weighted by Crippen LogP contribution is -2.19. The summed E-state index contributed by atoms with van der Waals surface area (Å²) in [6.45, 7) is 4.20. The molecule has 0 aromatic carbocycles. The molecule has 0 spiro atoms. The first-order chi connectivity index (χ1) is 14.5. The van der Waals surface area contributed by atoms with Gasteiger partial charge in [0.1, 0.15) is 11.5 Å². The molecule has 154 valence electrons. The molecule has 5 rings (SSSR count). The van der Waals surface area contributed by atoms with Crippen LogP contribution in [0, 0.1) is 0 Å². The highest BCUT2D eigenvalue weighted by Gasteiger charge is 2.20. The third-order valence-electron chi connectivity index (χ3n) is 4.73. The predicted octanol–water partition coefficient (Wildman–Crippen LogP) is 1.39. The second-order valence-corrected chi connectivity index (χ2v) is 8.40. The zero-order valence-electron chi connectivity index (χ0n) is 16.4. The first kappa shape index (κ1) is 18.6. The molecule has 1 aliphatic rings. The molecule has 4 aromatic heterocycles. The van der Waals surface area contributed by atoms with Crippen molar-refractivity contribution in [3.63, 3.8) is 0 Å². The number of thiazole rings is 1. The van der Waals surface area contributed by atoms with E-state index in [1.807, 2.05) is 11.4 Å². The number of rotatable bonds is 5. The molecule has 1 saturated carbocycles. The number of imidazole rings is 1. The van der Waals surface area contributed by atoms with Gasteiger partial charge in [-0.25, -0.2) is 14.8 Å². The van der Waals surface area contributed by atoms with Gasteiger partial charge in [-0.05, 0) is 24.8 Å². The maximum Gasteiger partial charge on any atom is 0.326 e. The minimum absolute atomic E-state index is 0.236. The van der Waals surface area contributed by atoms with E-state index < -0.39 is 5.69 Å². The smallest absolute Gasteiger partial charge is 0.326 e. The van der Waals surface area contributed by atoms with Gasteiger partial charge < -0.3 is 15.4 Å². The molecule has 0 amide bonds. The van der Waals surface area contributed by atoms with Crippen LogP contribution in [0.5, 0.6) is 5.88 Å². The van der Waals surface area contributed by atoms with Crippen molar-refractivity contribution in [2.45, 2.75) is 38.6 Å². The van der Waals surface area contributed by atoms with E-state index in [0.29, 0.717) is 34.1 Å². The van der Waals surface area contributed by atoms with Crippen molar-refractivity contribution in [1.29, 1.82) is 0 Å². The molecule has 0 bridgehead atoms. The number of aromatic hydroxyl groups is 1. The van der Waals surface area contributed by atoms with Gasteiger partial charge in [0.05, 0.1) is 17.9 Å². The van der Waals surface area contributed by atoms with E-state index in [1.165, 1.54) is 11.3 Å². The van der Waals surface area contributed by atoms with Gasteiger partial charge in [0.25, 0.3) is 0 Å². The Balaban J connectivity index is 1.64. The Morgan fingerprint density at radius 3 is 2.87 bits per heavy atom. The zero-order chi connectivity index (χ0) is 20.8. The number of anilines is 2. The third-order valence-corrected chi connectivity index (χ3v) is 5.50. The number of aromatic nitrogens is 6. The highest BCUT2D eigenvalue weighted by molar-refractivity contribution is 7.13. The highest BCUT2D eigenvalue weighted by atomic mass is 32.1. The van der Waals surface area contributed by atoms with Gasteiger partial charge in [-0.15, -0.1) is 11.3 Å². The predicted molar refractivity (Wildman–Crippen MR) is 113 cm³/mol. The van der Waals surface area contributed by atoms with Gasteiger partial charge >= 0.3 is 5.69 Å². The summed E-state index contributed by atoms with van der Waals surface area (Å²) in [6, 6.07) is 2.16. The molecule has 4 N–H and O–H groups in total. The first-order valence-corrected chi connectivity index (χ1v) is 10.5. The topological polar surface area (TPSA) is 136 Å². The van der Waals surface area contributed by atoms with Crippen molar-refractivity contribution in [1.82, 2.24) is 29.5 Å². The average molecular weight is 424 g/mol. The van der Waals surface area contributed by atoms with E-state index in [-0.39, 0.29) is 11.6 Å². The SMILES string of the molecule is CC(C)c1csc(Nc2cc(=NC3CC3)n3nc/c(=C/c4[nH]c(=O)[nH]c4O)c3n2)n1. The summed E-state index contributed by atoms with van der Waals surface area (Å²) in [4.78, 5) is 30.3. The normalized spacial score (nSPS) is 15.6. The van der Waals surface area contributed by atoms with Gasteiger partial charge in [-0.2, -0.15) is 9.61 Å². The van der Waals surface area contributed by atoms with E-state index in [9.17, 15) is 9.90 Å². The van der Waals surface area contributed by atoms with Crippen molar-refractivity contribution < 1.29 is 5.11 Å². The third kappa shape index (κ3) is 3.59. The average Bonchev–Trinajstić information content (AvgIpc) is 3.08. The molecule has 4 heterocycles. The molecule has 10 nitrogen and oxygen atoms in total. The number of aromatic amines is 2. The molecule has 1 fully saturated rings. The minimum atomic E-state index is -0.486. The Kier molecular flexibility index (Phi) is 4.39. The van der Waals surface area contributed by atoms with E-state index in [1.54, 1.807) is 16.8 Å². The summed E-state index contributed by atoms with van der Waals surface area (Å²) in [5, 5.41) is 21.0. The van der Waals surface area contributed by atoms with Crippen molar-refractivity contribution in [2.24, 2.45) is 4.99 Å². The van der Waals surface area contributed by atoms with Gasteiger partial charge in [0.2, 0.25) is 5.88 Å². The van der Waals surface area contributed by atoms with Crippen LogP contribution in [0.4, 0.5) is 10.9 Å². The lowest BCUT2D eigenvalue weighted by atomic mass is 10.2. The number of fused-ring (bicyclic) bond motifs is 1. The summed E-state index contributed by atoms with van der Waals surface area (Å²) in [5.74, 6) is 0.717. The van der Waals surface area contributed by atoms with E-state index >= 15 is 0 Å². The number of hydrogen-bond donors (Lipinski definition) is 4. The van der Waals surface area contributed by atoms with Crippen LogP contribution in [0.2, 0.25) is 0 Å². The number of nitrogens with one attached hydrogen (secondary N) is 3. The Bertz CT molecular complexity index is 1410. The van der Waals surface area contributed by atoms with Crippen LogP contribution >= 0.6 is 11.3 Å². The number of hydrogen-bond acceptors (Lipinski definition) is 8. The summed E-state index contributed by atoms with van der Waals surface area (Å²) in [5.41, 5.74) is 2.05. The van der Waals surface area contributed by atoms with E-state index in [2.05, 4.69) is 44.2 Å². The second-order valence-electron chi connectivity index (χ2n) is 7.54. The Hall–Kier alpha value is -3.47. The summed E-state index contributed by atoms with van der Waals surface area (Å²) < 4.78 is 1.67. The van der Waals surface area contributed by atoms with E-state index in [0.717, 1.165) is 23.7 Å².